The predicted molar refractivity (Wildman–Crippen MR) is 108 cm³/mol. The van der Waals surface area contributed by atoms with Crippen molar-refractivity contribution < 1.29 is 23.9 Å². The van der Waals surface area contributed by atoms with Crippen LogP contribution < -0.4 is 10.1 Å². The minimum absolute atomic E-state index is 0.0256. The van der Waals surface area contributed by atoms with E-state index in [-0.39, 0.29) is 11.8 Å². The molecule has 1 aromatic carbocycles. The number of aliphatic hydroxyl groups is 1. The fraction of sp³-hybridized carbons (Fsp3) is 0.450. The maximum atomic E-state index is 11.6. The van der Waals surface area contributed by atoms with Crippen LogP contribution in [0.4, 0.5) is 0 Å². The molecule has 8 heteroatoms. The molecule has 3 N–H and O–H groups in total. The zero-order chi connectivity index (χ0) is 20.5. The number of methoxy groups -OCH3 is 1. The van der Waals surface area contributed by atoms with E-state index in [0.717, 1.165) is 12.0 Å². The van der Waals surface area contributed by atoms with Gasteiger partial charge in [0.05, 0.1) is 35.5 Å². The molecule has 0 amide bonds. The Kier molecular flexibility index (Phi) is 8.85. The van der Waals surface area contributed by atoms with Gasteiger partial charge in [-0.05, 0) is 42.7 Å². The summed E-state index contributed by atoms with van der Waals surface area (Å²) >= 11 is 0. The Morgan fingerprint density at radius 2 is 2.07 bits per heavy atom. The Morgan fingerprint density at radius 1 is 1.29 bits per heavy atom. The number of hydrogen-bond donors (Lipinski definition) is 3. The molecule has 3 atom stereocenters. The first-order chi connectivity index (χ1) is 13.4. The Bertz CT molecular complexity index is 770. The fourth-order valence-corrected chi connectivity index (χ4v) is 3.23. The summed E-state index contributed by atoms with van der Waals surface area (Å²) < 4.78 is 22.3. The number of nitrogens with zero attached hydrogens (tertiary/aromatic N) is 1. The summed E-state index contributed by atoms with van der Waals surface area (Å²) in [6.45, 7) is 3.43. The predicted octanol–water partition coefficient (Wildman–Crippen LogP) is 2.15. The van der Waals surface area contributed by atoms with Crippen LogP contribution in [0.1, 0.15) is 30.6 Å². The average Bonchev–Trinajstić information content (AvgIpc) is 2.70. The minimum atomic E-state index is -1.31. The summed E-state index contributed by atoms with van der Waals surface area (Å²) in [4.78, 5) is 4.46. The number of hydrogen-bond acceptors (Lipinski definition) is 7. The first-order valence-corrected chi connectivity index (χ1v) is 10.6. The lowest BCUT2D eigenvalue weighted by Crippen LogP contribution is -2.31. The molecule has 0 spiro atoms. The molecular formula is C20H28N2O5S. The first-order valence-electron chi connectivity index (χ1n) is 9.05. The largest absolute Gasteiger partial charge is 0.507 e. The van der Waals surface area contributed by atoms with E-state index in [0.29, 0.717) is 36.1 Å². The van der Waals surface area contributed by atoms with Crippen molar-refractivity contribution in [1.82, 2.24) is 10.3 Å². The van der Waals surface area contributed by atoms with Crippen molar-refractivity contribution >= 4 is 10.8 Å². The molecule has 2 aromatic rings. The number of rotatable bonds is 11. The van der Waals surface area contributed by atoms with Crippen LogP contribution in [0, 0.1) is 0 Å². The number of pyridine rings is 1. The van der Waals surface area contributed by atoms with Crippen LogP contribution in [-0.2, 0) is 22.1 Å². The number of aromatic hydroxyl groups is 1. The quantitative estimate of drug-likeness (QED) is 0.490. The third-order valence-electron chi connectivity index (χ3n) is 4.31. The molecule has 0 radical (unpaired) electrons. The number of ether oxygens (including phenoxy) is 2. The van der Waals surface area contributed by atoms with Crippen LogP contribution in [0.15, 0.2) is 41.4 Å². The standard InChI is InChI=1S/C20H28N2O5S/c1-14(8-9-27-13-15-4-7-20(26-2)22-11-15)21-12-18(24)16-5-6-17(23)19(10-16)28(3)25/h4-7,10-11,14,18,21,23-24H,8-9,12-13H2,1-3H3. The van der Waals surface area contributed by atoms with Gasteiger partial charge in [-0.1, -0.05) is 6.07 Å². The molecule has 0 aliphatic heterocycles. The van der Waals surface area contributed by atoms with Gasteiger partial charge in [0.15, 0.2) is 0 Å². The van der Waals surface area contributed by atoms with Crippen LogP contribution in [0.2, 0.25) is 0 Å². The van der Waals surface area contributed by atoms with Crippen molar-refractivity contribution in [1.29, 1.82) is 0 Å². The second-order valence-electron chi connectivity index (χ2n) is 6.56. The Labute approximate surface area is 168 Å². The van der Waals surface area contributed by atoms with Gasteiger partial charge in [0.2, 0.25) is 5.88 Å². The highest BCUT2D eigenvalue weighted by molar-refractivity contribution is 7.84. The van der Waals surface area contributed by atoms with Gasteiger partial charge in [-0.2, -0.15) is 0 Å². The van der Waals surface area contributed by atoms with Crippen LogP contribution in [0.25, 0.3) is 0 Å². The summed E-state index contributed by atoms with van der Waals surface area (Å²) in [6.07, 6.45) is 3.26. The molecule has 2 rings (SSSR count). The van der Waals surface area contributed by atoms with Crippen LogP contribution in [0.3, 0.4) is 0 Å². The van der Waals surface area contributed by atoms with Crippen LogP contribution >= 0.6 is 0 Å². The van der Waals surface area contributed by atoms with Gasteiger partial charge in [-0.3, -0.25) is 4.21 Å². The van der Waals surface area contributed by atoms with Crippen molar-refractivity contribution in [2.45, 2.75) is 37.0 Å². The molecule has 0 aliphatic carbocycles. The molecule has 28 heavy (non-hydrogen) atoms. The summed E-state index contributed by atoms with van der Waals surface area (Å²) in [6, 6.07) is 8.54. The van der Waals surface area contributed by atoms with Crippen LogP contribution in [-0.4, -0.2) is 52.0 Å². The van der Waals surface area contributed by atoms with E-state index in [1.54, 1.807) is 31.5 Å². The highest BCUT2D eigenvalue weighted by Gasteiger charge is 2.13. The molecule has 1 aromatic heterocycles. The molecule has 0 aliphatic rings. The Balaban J connectivity index is 1.70. The molecule has 0 saturated carbocycles. The van der Waals surface area contributed by atoms with Crippen molar-refractivity contribution in [3.8, 4) is 11.6 Å². The maximum Gasteiger partial charge on any atom is 0.212 e. The number of phenolic OH excluding ortho intramolecular Hbond substituents is 1. The third-order valence-corrected chi connectivity index (χ3v) is 5.26. The van der Waals surface area contributed by atoms with E-state index in [2.05, 4.69) is 10.3 Å². The van der Waals surface area contributed by atoms with E-state index < -0.39 is 16.9 Å². The molecule has 7 nitrogen and oxygen atoms in total. The number of aromatic nitrogens is 1. The number of phenols is 1. The Hall–Kier alpha value is -2.00. The lowest BCUT2D eigenvalue weighted by atomic mass is 10.1. The monoisotopic (exact) mass is 408 g/mol. The van der Waals surface area contributed by atoms with Gasteiger partial charge in [-0.15, -0.1) is 0 Å². The highest BCUT2D eigenvalue weighted by Crippen LogP contribution is 2.24. The molecule has 0 fully saturated rings. The van der Waals surface area contributed by atoms with E-state index in [1.807, 2.05) is 13.0 Å². The summed E-state index contributed by atoms with van der Waals surface area (Å²) in [5, 5.41) is 23.3. The van der Waals surface area contributed by atoms with Crippen LogP contribution in [0.5, 0.6) is 11.6 Å². The first kappa shape index (κ1) is 22.3. The number of nitrogens with one attached hydrogen (secondary N) is 1. The van der Waals surface area contributed by atoms with Crippen molar-refractivity contribution in [3.05, 3.63) is 47.7 Å². The smallest absolute Gasteiger partial charge is 0.212 e. The summed E-state index contributed by atoms with van der Waals surface area (Å²) in [5.74, 6) is 0.549. The van der Waals surface area contributed by atoms with Gasteiger partial charge < -0.3 is 25.0 Å². The van der Waals surface area contributed by atoms with Crippen molar-refractivity contribution in [3.63, 3.8) is 0 Å². The van der Waals surface area contributed by atoms with E-state index in [4.69, 9.17) is 9.47 Å². The van der Waals surface area contributed by atoms with Gasteiger partial charge in [0, 0.05) is 37.7 Å². The zero-order valence-electron chi connectivity index (χ0n) is 16.4. The molecule has 3 unspecified atom stereocenters. The maximum absolute atomic E-state index is 11.6. The summed E-state index contributed by atoms with van der Waals surface area (Å²) in [7, 11) is 0.266. The highest BCUT2D eigenvalue weighted by atomic mass is 32.2. The van der Waals surface area contributed by atoms with Gasteiger partial charge >= 0.3 is 0 Å². The van der Waals surface area contributed by atoms with Crippen molar-refractivity contribution in [2.75, 3.05) is 26.5 Å². The third kappa shape index (κ3) is 6.87. The van der Waals surface area contributed by atoms with E-state index in [9.17, 15) is 14.4 Å². The lowest BCUT2D eigenvalue weighted by molar-refractivity contribution is 0.109. The molecule has 0 saturated heterocycles. The number of benzene rings is 1. The second kappa shape index (κ2) is 11.1. The number of aliphatic hydroxyl groups excluding tert-OH is 1. The molecule has 154 valence electrons. The van der Waals surface area contributed by atoms with Gasteiger partial charge in [0.25, 0.3) is 0 Å². The summed E-state index contributed by atoms with van der Waals surface area (Å²) in [5.41, 5.74) is 1.60. The van der Waals surface area contributed by atoms with Crippen molar-refractivity contribution in [2.24, 2.45) is 0 Å². The second-order valence-corrected chi connectivity index (χ2v) is 7.90. The molecule has 0 bridgehead atoms. The normalized spacial score (nSPS) is 14.4. The SMILES string of the molecule is COc1ccc(COCCC(C)NCC(O)c2ccc(O)c(S(C)=O)c2)cn1. The molecule has 1 heterocycles. The van der Waals surface area contributed by atoms with E-state index in [1.165, 1.54) is 12.3 Å². The van der Waals surface area contributed by atoms with E-state index >= 15 is 0 Å². The minimum Gasteiger partial charge on any atom is -0.507 e. The lowest BCUT2D eigenvalue weighted by Gasteiger charge is -2.18. The Morgan fingerprint density at radius 3 is 2.71 bits per heavy atom. The van der Waals surface area contributed by atoms with Gasteiger partial charge in [0.1, 0.15) is 5.75 Å². The zero-order valence-corrected chi connectivity index (χ0v) is 17.2. The fourth-order valence-electron chi connectivity index (χ4n) is 2.57. The average molecular weight is 409 g/mol. The topological polar surface area (TPSA) is 101 Å². The molecular weight excluding hydrogens is 380 g/mol. The van der Waals surface area contributed by atoms with Gasteiger partial charge in [-0.25, -0.2) is 4.98 Å².